The second-order valence-corrected chi connectivity index (χ2v) is 5.72. The van der Waals surface area contributed by atoms with Gasteiger partial charge in [-0.1, -0.05) is 16.6 Å². The van der Waals surface area contributed by atoms with E-state index in [1.54, 1.807) is 6.92 Å². The molecule has 0 aliphatic rings. The van der Waals surface area contributed by atoms with Gasteiger partial charge in [0.15, 0.2) is 5.11 Å². The van der Waals surface area contributed by atoms with Gasteiger partial charge in [0.25, 0.3) is 5.91 Å². The third kappa shape index (κ3) is 3.71. The minimum absolute atomic E-state index is 0.278. The molecule has 104 valence electrons. The summed E-state index contributed by atoms with van der Waals surface area (Å²) in [6.45, 7) is 1.72. The Bertz CT molecular complexity index is 645. The normalized spacial score (nSPS) is 9.90. The first-order valence-electron chi connectivity index (χ1n) is 5.48. The lowest BCUT2D eigenvalue weighted by Gasteiger charge is -2.12. The molecule has 1 heterocycles. The Labute approximate surface area is 133 Å². The quantitative estimate of drug-likeness (QED) is 0.554. The van der Waals surface area contributed by atoms with Gasteiger partial charge in [-0.15, -0.1) is 5.10 Å². The predicted molar refractivity (Wildman–Crippen MR) is 85.6 cm³/mol. The lowest BCUT2D eigenvalue weighted by molar-refractivity contribution is 0.0947. The number of halogens is 1. The van der Waals surface area contributed by atoms with E-state index in [4.69, 9.17) is 12.2 Å². The lowest BCUT2D eigenvalue weighted by Crippen LogP contribution is -2.43. The van der Waals surface area contributed by atoms with Crippen LogP contribution in [0.4, 0.5) is 5.69 Å². The Hall–Kier alpha value is -1.58. The average molecular weight is 372 g/mol. The highest BCUT2D eigenvalue weighted by Gasteiger charge is 2.13. The number of nitrogens with zero attached hydrogens (tertiary/aromatic N) is 2. The third-order valence-corrected chi connectivity index (χ3v) is 3.99. The maximum atomic E-state index is 11.8. The zero-order chi connectivity index (χ0) is 14.5. The second-order valence-electron chi connectivity index (χ2n) is 3.70. The van der Waals surface area contributed by atoms with E-state index in [0.29, 0.717) is 10.6 Å². The predicted octanol–water partition coefficient (Wildman–Crippen LogP) is 2.24. The van der Waals surface area contributed by atoms with Crippen LogP contribution in [0.3, 0.4) is 0 Å². The molecule has 3 N–H and O–H groups in total. The van der Waals surface area contributed by atoms with Gasteiger partial charge in [-0.05, 0) is 58.7 Å². The van der Waals surface area contributed by atoms with E-state index in [1.807, 2.05) is 24.3 Å². The molecule has 0 bridgehead atoms. The van der Waals surface area contributed by atoms with E-state index in [1.165, 1.54) is 0 Å². The summed E-state index contributed by atoms with van der Waals surface area (Å²) in [7, 11) is 0. The van der Waals surface area contributed by atoms with Crippen LogP contribution in [-0.4, -0.2) is 20.6 Å². The number of hydrogen-bond donors (Lipinski definition) is 3. The highest BCUT2D eigenvalue weighted by Crippen LogP contribution is 2.20. The van der Waals surface area contributed by atoms with Crippen LogP contribution in [-0.2, 0) is 0 Å². The smallest absolute Gasteiger partial charge is 0.283 e. The molecule has 0 fully saturated rings. The van der Waals surface area contributed by atoms with Crippen molar-refractivity contribution in [3.05, 3.63) is 39.3 Å². The Morgan fingerprint density at radius 2 is 2.10 bits per heavy atom. The van der Waals surface area contributed by atoms with Gasteiger partial charge in [0.05, 0.1) is 11.4 Å². The molecule has 0 saturated carbocycles. The van der Waals surface area contributed by atoms with Crippen LogP contribution in [0.25, 0.3) is 0 Å². The number of hydrogen-bond acceptors (Lipinski definition) is 5. The Balaban J connectivity index is 1.89. The Morgan fingerprint density at radius 3 is 2.75 bits per heavy atom. The lowest BCUT2D eigenvalue weighted by atomic mass is 10.3. The third-order valence-electron chi connectivity index (χ3n) is 2.27. The van der Waals surface area contributed by atoms with Crippen LogP contribution in [0.5, 0.6) is 0 Å². The summed E-state index contributed by atoms with van der Waals surface area (Å²) in [5, 5.41) is 7.00. The van der Waals surface area contributed by atoms with Gasteiger partial charge in [-0.25, -0.2) is 0 Å². The number of para-hydroxylation sites is 1. The number of amides is 1. The zero-order valence-electron chi connectivity index (χ0n) is 10.3. The molecule has 0 aliphatic carbocycles. The molecule has 0 spiro atoms. The molecule has 9 heteroatoms. The van der Waals surface area contributed by atoms with E-state index < -0.39 is 0 Å². The van der Waals surface area contributed by atoms with Crippen LogP contribution in [0.2, 0.25) is 0 Å². The SMILES string of the molecule is Cc1nnsc1C(=O)NNC(=S)Nc1ccccc1Br. The van der Waals surface area contributed by atoms with Gasteiger partial charge >= 0.3 is 0 Å². The van der Waals surface area contributed by atoms with Crippen molar-refractivity contribution in [1.29, 1.82) is 0 Å². The summed E-state index contributed by atoms with van der Waals surface area (Å²) in [6.07, 6.45) is 0. The Morgan fingerprint density at radius 1 is 1.35 bits per heavy atom. The molecule has 0 radical (unpaired) electrons. The number of nitrogens with one attached hydrogen (secondary N) is 3. The first-order chi connectivity index (χ1) is 9.58. The van der Waals surface area contributed by atoms with Crippen molar-refractivity contribution in [3.8, 4) is 0 Å². The van der Waals surface area contributed by atoms with Crippen molar-refractivity contribution < 1.29 is 4.79 Å². The molecule has 0 saturated heterocycles. The maximum absolute atomic E-state index is 11.8. The number of benzene rings is 1. The number of hydrazine groups is 1. The summed E-state index contributed by atoms with van der Waals surface area (Å²) in [5.74, 6) is -0.325. The van der Waals surface area contributed by atoms with E-state index in [0.717, 1.165) is 21.7 Å². The van der Waals surface area contributed by atoms with E-state index in [2.05, 4.69) is 41.7 Å². The van der Waals surface area contributed by atoms with E-state index in [9.17, 15) is 4.79 Å². The largest absolute Gasteiger partial charge is 0.330 e. The number of carbonyl (C=O) groups excluding carboxylic acids is 1. The molecule has 1 aromatic carbocycles. The summed E-state index contributed by atoms with van der Waals surface area (Å²) in [4.78, 5) is 12.3. The zero-order valence-corrected chi connectivity index (χ0v) is 13.5. The minimum atomic E-state index is -0.325. The van der Waals surface area contributed by atoms with E-state index >= 15 is 0 Å². The van der Waals surface area contributed by atoms with E-state index in [-0.39, 0.29) is 11.0 Å². The van der Waals surface area contributed by atoms with Gasteiger partial charge in [-0.2, -0.15) is 0 Å². The number of anilines is 1. The van der Waals surface area contributed by atoms with Crippen LogP contribution >= 0.6 is 39.7 Å². The molecule has 0 atom stereocenters. The number of rotatable bonds is 2. The van der Waals surface area contributed by atoms with Crippen molar-refractivity contribution >= 4 is 56.4 Å². The van der Waals surface area contributed by atoms with Gasteiger partial charge < -0.3 is 5.32 Å². The second kappa shape index (κ2) is 6.73. The standard InChI is InChI=1S/C11H10BrN5OS2/c1-6-9(20-17-14-6)10(18)15-16-11(19)13-8-5-3-2-4-7(8)12/h2-5H,1H3,(H,15,18)(H2,13,16,19). The summed E-state index contributed by atoms with van der Waals surface area (Å²) in [5.41, 5.74) is 6.50. The Kier molecular flexibility index (Phi) is 4.99. The van der Waals surface area contributed by atoms with Crippen LogP contribution < -0.4 is 16.2 Å². The van der Waals surface area contributed by atoms with Crippen molar-refractivity contribution in [2.75, 3.05) is 5.32 Å². The topological polar surface area (TPSA) is 78.9 Å². The fraction of sp³-hybridized carbons (Fsp3) is 0.0909. The highest BCUT2D eigenvalue weighted by atomic mass is 79.9. The monoisotopic (exact) mass is 371 g/mol. The average Bonchev–Trinajstić information content (AvgIpc) is 2.85. The first kappa shape index (κ1) is 14.8. The fourth-order valence-electron chi connectivity index (χ4n) is 1.33. The minimum Gasteiger partial charge on any atom is -0.330 e. The van der Waals surface area contributed by atoms with Crippen LogP contribution in [0.1, 0.15) is 15.4 Å². The molecule has 2 aromatic rings. The van der Waals surface area contributed by atoms with Crippen molar-refractivity contribution in [1.82, 2.24) is 20.4 Å². The van der Waals surface area contributed by atoms with Gasteiger partial charge in [0.1, 0.15) is 4.88 Å². The molecule has 1 aromatic heterocycles. The van der Waals surface area contributed by atoms with Gasteiger partial charge in [0, 0.05) is 4.47 Å². The number of aromatic nitrogens is 2. The summed E-state index contributed by atoms with van der Waals surface area (Å²) in [6, 6.07) is 7.51. The molecule has 2 rings (SSSR count). The molecule has 0 aliphatic heterocycles. The molecular formula is C11H10BrN5OS2. The van der Waals surface area contributed by atoms with Crippen molar-refractivity contribution in [2.45, 2.75) is 6.92 Å². The van der Waals surface area contributed by atoms with Gasteiger partial charge in [0.2, 0.25) is 0 Å². The maximum Gasteiger partial charge on any atom is 0.283 e. The van der Waals surface area contributed by atoms with Crippen LogP contribution in [0, 0.1) is 6.92 Å². The molecule has 1 amide bonds. The highest BCUT2D eigenvalue weighted by molar-refractivity contribution is 9.10. The number of carbonyl (C=O) groups is 1. The molecular weight excluding hydrogens is 362 g/mol. The molecule has 6 nitrogen and oxygen atoms in total. The number of thiocarbonyl (C=S) groups is 1. The summed E-state index contributed by atoms with van der Waals surface area (Å²) >= 11 is 9.52. The molecule has 20 heavy (non-hydrogen) atoms. The fourth-order valence-corrected chi connectivity index (χ4v) is 2.42. The summed E-state index contributed by atoms with van der Waals surface area (Å²) < 4.78 is 4.57. The van der Waals surface area contributed by atoms with Crippen LogP contribution in [0.15, 0.2) is 28.7 Å². The molecule has 0 unspecified atom stereocenters. The number of aryl methyl sites for hydroxylation is 1. The van der Waals surface area contributed by atoms with Crippen molar-refractivity contribution in [2.24, 2.45) is 0 Å². The first-order valence-corrected chi connectivity index (χ1v) is 7.46. The van der Waals surface area contributed by atoms with Gasteiger partial charge in [-0.3, -0.25) is 15.6 Å². The van der Waals surface area contributed by atoms with Crippen molar-refractivity contribution in [3.63, 3.8) is 0 Å².